The van der Waals surface area contributed by atoms with Crippen LogP contribution in [0, 0.1) is 11.7 Å². The topological polar surface area (TPSA) is 46.3 Å². The lowest BCUT2D eigenvalue weighted by Crippen LogP contribution is -2.35. The summed E-state index contributed by atoms with van der Waals surface area (Å²) in [5, 5.41) is 0.628. The Kier molecular flexibility index (Phi) is 4.88. The van der Waals surface area contributed by atoms with Gasteiger partial charge in [-0.25, -0.2) is 4.39 Å². The molecule has 126 valence electrons. The lowest BCUT2D eigenvalue weighted by Gasteiger charge is -2.22. The first-order valence-corrected chi connectivity index (χ1v) is 8.44. The van der Waals surface area contributed by atoms with E-state index in [2.05, 4.69) is 0 Å². The molecule has 0 aliphatic carbocycles. The highest BCUT2D eigenvalue weighted by atomic mass is 35.5. The molecule has 0 bridgehead atoms. The van der Waals surface area contributed by atoms with Gasteiger partial charge < -0.3 is 10.6 Å². The van der Waals surface area contributed by atoms with Crippen molar-refractivity contribution in [1.29, 1.82) is 0 Å². The van der Waals surface area contributed by atoms with Gasteiger partial charge in [-0.1, -0.05) is 29.8 Å². The second-order valence-electron chi connectivity index (χ2n) is 6.35. The van der Waals surface area contributed by atoms with E-state index in [0.717, 1.165) is 17.5 Å². The number of benzene rings is 2. The van der Waals surface area contributed by atoms with Gasteiger partial charge in [-0.2, -0.15) is 0 Å². The Hall–Kier alpha value is -1.91. The molecular formula is C19H20ClFN2O. The van der Waals surface area contributed by atoms with Crippen LogP contribution in [0.2, 0.25) is 5.02 Å². The molecule has 2 atom stereocenters. The molecule has 5 heteroatoms. The van der Waals surface area contributed by atoms with Gasteiger partial charge in [-0.05, 0) is 61.2 Å². The molecule has 0 aromatic heterocycles. The number of hydrogen-bond donors (Lipinski definition) is 1. The standard InChI is InChI=1S/C19H20ClFN2O/c1-12-8-13(10-22)11-23(12)19(24)17-7-4-15(9-18(17)21)14-2-5-16(20)6-3-14/h2-7,9,12-13H,8,10-11,22H2,1H3. The zero-order chi connectivity index (χ0) is 17.3. The maximum atomic E-state index is 14.5. The molecule has 0 saturated carbocycles. The van der Waals surface area contributed by atoms with Crippen molar-refractivity contribution < 1.29 is 9.18 Å². The molecule has 2 aromatic rings. The van der Waals surface area contributed by atoms with E-state index in [9.17, 15) is 9.18 Å². The van der Waals surface area contributed by atoms with E-state index in [0.29, 0.717) is 24.0 Å². The van der Waals surface area contributed by atoms with Crippen LogP contribution in [0.1, 0.15) is 23.7 Å². The summed E-state index contributed by atoms with van der Waals surface area (Å²) in [6, 6.07) is 12.0. The molecule has 2 aromatic carbocycles. The molecular weight excluding hydrogens is 327 g/mol. The van der Waals surface area contributed by atoms with Gasteiger partial charge in [0.1, 0.15) is 5.82 Å². The Balaban J connectivity index is 1.85. The number of likely N-dealkylation sites (tertiary alicyclic amines) is 1. The van der Waals surface area contributed by atoms with Crippen LogP contribution in [0.15, 0.2) is 42.5 Å². The van der Waals surface area contributed by atoms with Crippen molar-refractivity contribution in [3.63, 3.8) is 0 Å². The van der Waals surface area contributed by atoms with Crippen LogP contribution in [0.5, 0.6) is 0 Å². The predicted octanol–water partition coefficient (Wildman–Crippen LogP) is 3.96. The van der Waals surface area contributed by atoms with Gasteiger partial charge in [0, 0.05) is 17.6 Å². The first kappa shape index (κ1) is 16.9. The summed E-state index contributed by atoms with van der Waals surface area (Å²) in [6.45, 7) is 3.12. The molecule has 24 heavy (non-hydrogen) atoms. The van der Waals surface area contributed by atoms with Crippen molar-refractivity contribution in [2.75, 3.05) is 13.1 Å². The minimum atomic E-state index is -0.504. The molecule has 0 radical (unpaired) electrons. The maximum absolute atomic E-state index is 14.5. The van der Waals surface area contributed by atoms with Crippen molar-refractivity contribution in [3.8, 4) is 11.1 Å². The Morgan fingerprint density at radius 1 is 1.25 bits per heavy atom. The van der Waals surface area contributed by atoms with Crippen LogP contribution in [0.3, 0.4) is 0 Å². The highest BCUT2D eigenvalue weighted by Gasteiger charge is 2.33. The van der Waals surface area contributed by atoms with Crippen LogP contribution < -0.4 is 5.73 Å². The zero-order valence-electron chi connectivity index (χ0n) is 13.5. The minimum Gasteiger partial charge on any atom is -0.336 e. The average Bonchev–Trinajstić information content (AvgIpc) is 2.96. The van der Waals surface area contributed by atoms with Gasteiger partial charge in [0.25, 0.3) is 5.91 Å². The lowest BCUT2D eigenvalue weighted by atomic mass is 10.0. The summed E-state index contributed by atoms with van der Waals surface area (Å²) in [4.78, 5) is 14.4. The predicted molar refractivity (Wildman–Crippen MR) is 94.5 cm³/mol. The van der Waals surface area contributed by atoms with E-state index in [1.54, 1.807) is 29.2 Å². The molecule has 3 nitrogen and oxygen atoms in total. The van der Waals surface area contributed by atoms with Crippen LogP contribution in [-0.2, 0) is 0 Å². The molecule has 1 saturated heterocycles. The number of carbonyl (C=O) groups is 1. The third-order valence-corrected chi connectivity index (χ3v) is 4.88. The maximum Gasteiger partial charge on any atom is 0.257 e. The summed E-state index contributed by atoms with van der Waals surface area (Å²) >= 11 is 5.87. The number of carbonyl (C=O) groups excluding carboxylic acids is 1. The Morgan fingerprint density at radius 2 is 1.92 bits per heavy atom. The van der Waals surface area contributed by atoms with Crippen LogP contribution in [0.4, 0.5) is 4.39 Å². The van der Waals surface area contributed by atoms with Crippen molar-refractivity contribution in [1.82, 2.24) is 4.90 Å². The van der Waals surface area contributed by atoms with Crippen molar-refractivity contribution in [2.24, 2.45) is 11.7 Å². The Labute approximate surface area is 146 Å². The summed E-state index contributed by atoms with van der Waals surface area (Å²) in [7, 11) is 0. The van der Waals surface area contributed by atoms with E-state index in [4.69, 9.17) is 17.3 Å². The Morgan fingerprint density at radius 3 is 2.50 bits per heavy atom. The second-order valence-corrected chi connectivity index (χ2v) is 6.78. The van der Waals surface area contributed by atoms with E-state index in [-0.39, 0.29) is 17.5 Å². The number of hydrogen-bond acceptors (Lipinski definition) is 2. The highest BCUT2D eigenvalue weighted by Crippen LogP contribution is 2.27. The summed E-state index contributed by atoms with van der Waals surface area (Å²) in [5.74, 6) is -0.477. The number of nitrogens with two attached hydrogens (primary N) is 1. The van der Waals surface area contributed by atoms with Crippen molar-refractivity contribution in [2.45, 2.75) is 19.4 Å². The molecule has 0 spiro atoms. The molecule has 2 N–H and O–H groups in total. The quantitative estimate of drug-likeness (QED) is 0.914. The van der Waals surface area contributed by atoms with E-state index in [1.165, 1.54) is 6.07 Å². The fourth-order valence-corrected chi connectivity index (χ4v) is 3.39. The van der Waals surface area contributed by atoms with Gasteiger partial charge in [0.15, 0.2) is 0 Å². The SMILES string of the molecule is CC1CC(CN)CN1C(=O)c1ccc(-c2ccc(Cl)cc2)cc1F. The monoisotopic (exact) mass is 346 g/mol. The number of nitrogens with zero attached hydrogens (tertiary/aromatic N) is 1. The molecule has 1 amide bonds. The summed E-state index contributed by atoms with van der Waals surface area (Å²) < 4.78 is 14.5. The van der Waals surface area contributed by atoms with Gasteiger partial charge in [0.2, 0.25) is 0 Å². The summed E-state index contributed by atoms with van der Waals surface area (Å²) in [6.07, 6.45) is 0.868. The van der Waals surface area contributed by atoms with Crippen LogP contribution in [0.25, 0.3) is 11.1 Å². The number of rotatable bonds is 3. The first-order valence-electron chi connectivity index (χ1n) is 8.06. The fourth-order valence-electron chi connectivity index (χ4n) is 3.26. The van der Waals surface area contributed by atoms with E-state index < -0.39 is 5.82 Å². The molecule has 1 fully saturated rings. The van der Waals surface area contributed by atoms with Crippen LogP contribution in [-0.4, -0.2) is 29.9 Å². The normalized spacial score (nSPS) is 20.4. The third kappa shape index (κ3) is 3.30. The largest absolute Gasteiger partial charge is 0.336 e. The van der Waals surface area contributed by atoms with Gasteiger partial charge in [0.05, 0.1) is 5.56 Å². The molecule has 1 aliphatic heterocycles. The highest BCUT2D eigenvalue weighted by molar-refractivity contribution is 6.30. The molecule has 1 heterocycles. The molecule has 3 rings (SSSR count). The van der Waals surface area contributed by atoms with E-state index in [1.807, 2.05) is 19.1 Å². The smallest absolute Gasteiger partial charge is 0.257 e. The van der Waals surface area contributed by atoms with Gasteiger partial charge in [-0.3, -0.25) is 4.79 Å². The minimum absolute atomic E-state index is 0.0846. The van der Waals surface area contributed by atoms with Crippen molar-refractivity contribution >= 4 is 17.5 Å². The Bertz CT molecular complexity index is 748. The lowest BCUT2D eigenvalue weighted by molar-refractivity contribution is 0.0739. The number of amides is 1. The zero-order valence-corrected chi connectivity index (χ0v) is 14.3. The first-order chi connectivity index (χ1) is 11.5. The van der Waals surface area contributed by atoms with Gasteiger partial charge >= 0.3 is 0 Å². The van der Waals surface area contributed by atoms with Crippen molar-refractivity contribution in [3.05, 3.63) is 58.9 Å². The third-order valence-electron chi connectivity index (χ3n) is 4.63. The van der Waals surface area contributed by atoms with E-state index >= 15 is 0 Å². The van der Waals surface area contributed by atoms with Crippen LogP contribution >= 0.6 is 11.6 Å². The average molecular weight is 347 g/mol. The molecule has 2 unspecified atom stereocenters. The second kappa shape index (κ2) is 6.91. The molecule has 1 aliphatic rings. The van der Waals surface area contributed by atoms with Gasteiger partial charge in [-0.15, -0.1) is 0 Å². The number of halogens is 2. The summed E-state index contributed by atoms with van der Waals surface area (Å²) in [5.41, 5.74) is 7.38. The fraction of sp³-hybridized carbons (Fsp3) is 0.316.